The Balaban J connectivity index is 2.39. The normalized spacial score (nSPS) is 20.9. The summed E-state index contributed by atoms with van der Waals surface area (Å²) in [5.74, 6) is -0.147. The number of nitrogens with two attached hydrogens (primary N) is 1. The predicted molar refractivity (Wildman–Crippen MR) is 69.2 cm³/mol. The van der Waals surface area contributed by atoms with Gasteiger partial charge in [0, 0.05) is 31.6 Å². The van der Waals surface area contributed by atoms with Crippen LogP contribution in [0.25, 0.3) is 0 Å². The largest absolute Gasteiger partial charge is 0.383 e. The van der Waals surface area contributed by atoms with E-state index in [9.17, 15) is 4.79 Å². The third kappa shape index (κ3) is 4.46. The summed E-state index contributed by atoms with van der Waals surface area (Å²) in [7, 11) is 1.54. The van der Waals surface area contributed by atoms with E-state index in [1.54, 1.807) is 11.8 Å². The first-order chi connectivity index (χ1) is 8.13. The SMILES string of the molecule is COCC(N)C(=O)NCC1(SC)CCOCC1. The second-order valence-corrected chi connectivity index (χ2v) is 5.55. The highest BCUT2D eigenvalue weighted by Crippen LogP contribution is 2.32. The van der Waals surface area contributed by atoms with Crippen molar-refractivity contribution in [2.45, 2.75) is 23.6 Å². The van der Waals surface area contributed by atoms with Gasteiger partial charge in [-0.25, -0.2) is 0 Å². The fraction of sp³-hybridized carbons (Fsp3) is 0.909. The standard InChI is InChI=1S/C11H22N2O3S/c1-15-7-9(12)10(14)13-8-11(17-2)3-5-16-6-4-11/h9H,3-8,12H2,1-2H3,(H,13,14). The van der Waals surface area contributed by atoms with E-state index >= 15 is 0 Å². The Morgan fingerprint density at radius 2 is 2.24 bits per heavy atom. The summed E-state index contributed by atoms with van der Waals surface area (Å²) in [5.41, 5.74) is 5.66. The van der Waals surface area contributed by atoms with Crippen molar-refractivity contribution >= 4 is 17.7 Å². The lowest BCUT2D eigenvalue weighted by Gasteiger charge is -2.35. The van der Waals surface area contributed by atoms with Gasteiger partial charge in [-0.3, -0.25) is 4.79 Å². The van der Waals surface area contributed by atoms with Crippen LogP contribution in [0.4, 0.5) is 0 Å². The van der Waals surface area contributed by atoms with Crippen molar-refractivity contribution in [2.24, 2.45) is 5.73 Å². The molecule has 1 aliphatic rings. The van der Waals surface area contributed by atoms with Gasteiger partial charge in [0.1, 0.15) is 6.04 Å². The molecule has 0 aromatic heterocycles. The monoisotopic (exact) mass is 262 g/mol. The van der Waals surface area contributed by atoms with E-state index in [-0.39, 0.29) is 17.3 Å². The number of carbonyl (C=O) groups excluding carboxylic acids is 1. The minimum atomic E-state index is -0.584. The van der Waals surface area contributed by atoms with Crippen LogP contribution in [0.2, 0.25) is 0 Å². The van der Waals surface area contributed by atoms with Crippen LogP contribution >= 0.6 is 11.8 Å². The maximum Gasteiger partial charge on any atom is 0.239 e. The fourth-order valence-electron chi connectivity index (χ4n) is 1.83. The molecule has 0 aromatic carbocycles. The van der Waals surface area contributed by atoms with Gasteiger partial charge in [0.05, 0.1) is 6.61 Å². The van der Waals surface area contributed by atoms with Gasteiger partial charge >= 0.3 is 0 Å². The lowest BCUT2D eigenvalue weighted by Crippen LogP contribution is -2.50. The number of ether oxygens (including phenoxy) is 2. The molecule has 100 valence electrons. The number of methoxy groups -OCH3 is 1. The van der Waals surface area contributed by atoms with Gasteiger partial charge in [-0.05, 0) is 19.1 Å². The fourth-order valence-corrected chi connectivity index (χ4v) is 2.62. The van der Waals surface area contributed by atoms with Crippen molar-refractivity contribution in [1.29, 1.82) is 0 Å². The first kappa shape index (κ1) is 14.8. The van der Waals surface area contributed by atoms with Crippen molar-refractivity contribution in [2.75, 3.05) is 39.7 Å². The lowest BCUT2D eigenvalue weighted by atomic mass is 9.99. The van der Waals surface area contributed by atoms with Crippen molar-refractivity contribution in [3.63, 3.8) is 0 Å². The van der Waals surface area contributed by atoms with Gasteiger partial charge in [0.25, 0.3) is 0 Å². The summed E-state index contributed by atoms with van der Waals surface area (Å²) in [5, 5.41) is 2.91. The van der Waals surface area contributed by atoms with Crippen LogP contribution in [-0.2, 0) is 14.3 Å². The summed E-state index contributed by atoms with van der Waals surface area (Å²) in [4.78, 5) is 11.7. The van der Waals surface area contributed by atoms with Gasteiger partial charge in [-0.1, -0.05) is 0 Å². The zero-order valence-electron chi connectivity index (χ0n) is 10.5. The molecular weight excluding hydrogens is 240 g/mol. The number of nitrogens with one attached hydrogen (secondary N) is 1. The summed E-state index contributed by atoms with van der Waals surface area (Å²) in [6.07, 6.45) is 4.01. The number of hydrogen-bond acceptors (Lipinski definition) is 5. The van der Waals surface area contributed by atoms with E-state index in [0.29, 0.717) is 6.54 Å². The van der Waals surface area contributed by atoms with Crippen LogP contribution in [0.15, 0.2) is 0 Å². The van der Waals surface area contributed by atoms with Gasteiger partial charge in [-0.2, -0.15) is 11.8 Å². The van der Waals surface area contributed by atoms with Gasteiger partial charge < -0.3 is 20.5 Å². The molecule has 3 N–H and O–H groups in total. The molecule has 1 saturated heterocycles. The molecule has 1 amide bonds. The molecule has 0 aliphatic carbocycles. The first-order valence-electron chi connectivity index (χ1n) is 5.79. The smallest absolute Gasteiger partial charge is 0.239 e. The molecule has 1 fully saturated rings. The van der Waals surface area contributed by atoms with E-state index in [2.05, 4.69) is 11.6 Å². The van der Waals surface area contributed by atoms with E-state index in [4.69, 9.17) is 15.2 Å². The van der Waals surface area contributed by atoms with Crippen LogP contribution in [0.3, 0.4) is 0 Å². The molecule has 0 saturated carbocycles. The highest BCUT2D eigenvalue weighted by Gasteiger charge is 2.32. The quantitative estimate of drug-likeness (QED) is 0.704. The second-order valence-electron chi connectivity index (χ2n) is 4.28. The molecule has 1 heterocycles. The number of rotatable bonds is 6. The van der Waals surface area contributed by atoms with Gasteiger partial charge in [0.15, 0.2) is 0 Å². The Bertz CT molecular complexity index is 245. The third-order valence-corrected chi connectivity index (χ3v) is 4.52. The molecule has 0 aromatic rings. The van der Waals surface area contributed by atoms with Crippen LogP contribution in [0.1, 0.15) is 12.8 Å². The van der Waals surface area contributed by atoms with Crippen molar-refractivity contribution in [3.8, 4) is 0 Å². The number of carbonyl (C=O) groups is 1. The highest BCUT2D eigenvalue weighted by atomic mass is 32.2. The maximum atomic E-state index is 11.7. The van der Waals surface area contributed by atoms with Crippen LogP contribution in [0, 0.1) is 0 Å². The summed E-state index contributed by atoms with van der Waals surface area (Å²) in [6, 6.07) is -0.584. The van der Waals surface area contributed by atoms with Gasteiger partial charge in [-0.15, -0.1) is 0 Å². The topological polar surface area (TPSA) is 73.6 Å². The molecule has 1 atom stereocenters. The lowest BCUT2D eigenvalue weighted by molar-refractivity contribution is -0.123. The van der Waals surface area contributed by atoms with Crippen molar-refractivity contribution in [3.05, 3.63) is 0 Å². The summed E-state index contributed by atoms with van der Waals surface area (Å²) >= 11 is 1.79. The zero-order chi connectivity index (χ0) is 12.7. The minimum Gasteiger partial charge on any atom is -0.383 e. The Kier molecular flexibility index (Phi) is 6.26. The van der Waals surface area contributed by atoms with E-state index in [1.807, 2.05) is 0 Å². The van der Waals surface area contributed by atoms with Crippen LogP contribution < -0.4 is 11.1 Å². The Labute approximate surface area is 107 Å². The first-order valence-corrected chi connectivity index (χ1v) is 7.01. The molecule has 1 unspecified atom stereocenters. The maximum absolute atomic E-state index is 11.7. The third-order valence-electron chi connectivity index (χ3n) is 3.10. The van der Waals surface area contributed by atoms with Crippen LogP contribution in [0.5, 0.6) is 0 Å². The molecule has 0 radical (unpaired) electrons. The molecule has 17 heavy (non-hydrogen) atoms. The van der Waals surface area contributed by atoms with Crippen molar-refractivity contribution in [1.82, 2.24) is 5.32 Å². The predicted octanol–water partition coefficient (Wildman–Crippen LogP) is -0.0115. The average Bonchev–Trinajstić information content (AvgIpc) is 2.37. The molecule has 6 heteroatoms. The van der Waals surface area contributed by atoms with Crippen LogP contribution in [-0.4, -0.2) is 56.4 Å². The Morgan fingerprint density at radius 3 is 2.76 bits per heavy atom. The van der Waals surface area contributed by atoms with Crippen molar-refractivity contribution < 1.29 is 14.3 Å². The minimum absolute atomic E-state index is 0.0979. The van der Waals surface area contributed by atoms with Gasteiger partial charge in [0.2, 0.25) is 5.91 Å². The molecule has 1 aliphatic heterocycles. The second kappa shape index (κ2) is 7.20. The number of hydrogen-bond donors (Lipinski definition) is 2. The molecule has 1 rings (SSSR count). The summed E-state index contributed by atoms with van der Waals surface area (Å²) in [6.45, 7) is 2.43. The van der Waals surface area contributed by atoms with E-state index in [0.717, 1.165) is 26.1 Å². The molecule has 5 nitrogen and oxygen atoms in total. The zero-order valence-corrected chi connectivity index (χ0v) is 11.3. The number of amides is 1. The average molecular weight is 262 g/mol. The molecular formula is C11H22N2O3S. The molecule has 0 spiro atoms. The Morgan fingerprint density at radius 1 is 1.59 bits per heavy atom. The van der Waals surface area contributed by atoms with E-state index in [1.165, 1.54) is 7.11 Å². The molecule has 0 bridgehead atoms. The van der Waals surface area contributed by atoms with E-state index < -0.39 is 6.04 Å². The highest BCUT2D eigenvalue weighted by molar-refractivity contribution is 8.00. The summed E-state index contributed by atoms with van der Waals surface area (Å²) < 4.78 is 10.3. The Hall–Kier alpha value is -0.300. The number of thioether (sulfide) groups is 1.